The highest BCUT2D eigenvalue weighted by molar-refractivity contribution is 7.97. The Morgan fingerprint density at radius 2 is 1.88 bits per heavy atom. The normalized spacial score (nSPS) is 10.7. The number of aromatic nitrogens is 1. The summed E-state index contributed by atoms with van der Waals surface area (Å²) in [6.07, 6.45) is 0. The third-order valence-corrected chi connectivity index (χ3v) is 5.57. The zero-order chi connectivity index (χ0) is 18.5. The summed E-state index contributed by atoms with van der Waals surface area (Å²) in [5, 5.41) is 2.69. The molecule has 0 unspecified atom stereocenters. The highest BCUT2D eigenvalue weighted by Crippen LogP contribution is 2.28. The minimum Gasteiger partial charge on any atom is -0.465 e. The summed E-state index contributed by atoms with van der Waals surface area (Å²) in [5.41, 5.74) is 2.20. The summed E-state index contributed by atoms with van der Waals surface area (Å²) in [4.78, 5) is 16.2. The molecule has 1 heterocycles. The molecule has 7 heteroatoms. The molecular weight excluding hydrogens is 376 g/mol. The number of ether oxygens (including phenoxy) is 1. The fraction of sp³-hybridized carbons (Fsp3) is 0.158. The molecule has 3 nitrogen and oxygen atoms in total. The molecule has 3 aromatic rings. The van der Waals surface area contributed by atoms with Gasteiger partial charge in [0.15, 0.2) is 0 Å². The van der Waals surface area contributed by atoms with E-state index < -0.39 is 17.6 Å². The molecule has 0 N–H and O–H groups in total. The van der Waals surface area contributed by atoms with Crippen molar-refractivity contribution in [2.75, 3.05) is 7.11 Å². The van der Waals surface area contributed by atoms with Crippen LogP contribution in [0.15, 0.2) is 47.8 Å². The van der Waals surface area contributed by atoms with Crippen molar-refractivity contribution < 1.29 is 18.3 Å². The van der Waals surface area contributed by atoms with Crippen LogP contribution in [0.25, 0.3) is 10.6 Å². The van der Waals surface area contributed by atoms with Crippen LogP contribution in [-0.4, -0.2) is 18.1 Å². The fourth-order valence-electron chi connectivity index (χ4n) is 2.33. The van der Waals surface area contributed by atoms with Crippen molar-refractivity contribution in [3.05, 3.63) is 76.3 Å². The third-order valence-electron chi connectivity index (χ3n) is 3.64. The van der Waals surface area contributed by atoms with Crippen LogP contribution in [0.3, 0.4) is 0 Å². The molecule has 0 atom stereocenters. The molecule has 1 aromatic heterocycles. The Bertz CT molecular complexity index is 907. The number of esters is 1. The summed E-state index contributed by atoms with van der Waals surface area (Å²) in [6.45, 7) is 0. The van der Waals surface area contributed by atoms with Gasteiger partial charge in [-0.3, -0.25) is 0 Å². The van der Waals surface area contributed by atoms with Crippen molar-refractivity contribution in [1.82, 2.24) is 4.98 Å². The number of halogens is 2. The van der Waals surface area contributed by atoms with Crippen molar-refractivity contribution in [3.8, 4) is 10.6 Å². The van der Waals surface area contributed by atoms with Gasteiger partial charge in [0.2, 0.25) is 0 Å². The van der Waals surface area contributed by atoms with Gasteiger partial charge in [-0.15, -0.1) is 11.3 Å². The zero-order valence-electron chi connectivity index (χ0n) is 13.9. The second-order valence-corrected chi connectivity index (χ2v) is 7.25. The topological polar surface area (TPSA) is 39.2 Å². The van der Waals surface area contributed by atoms with Crippen LogP contribution in [0.5, 0.6) is 0 Å². The van der Waals surface area contributed by atoms with Gasteiger partial charge in [0.1, 0.15) is 16.6 Å². The van der Waals surface area contributed by atoms with E-state index in [0.29, 0.717) is 11.3 Å². The Balaban J connectivity index is 1.66. The molecule has 0 bridgehead atoms. The minimum absolute atomic E-state index is 0.0822. The number of hydrogen-bond acceptors (Lipinski definition) is 5. The molecule has 0 radical (unpaired) electrons. The SMILES string of the molecule is COC(=O)c1cccc(-c2nc(CSCc3c(F)cccc3F)cs2)c1. The Kier molecular flexibility index (Phi) is 6.00. The molecule has 0 saturated carbocycles. The molecule has 0 aliphatic carbocycles. The van der Waals surface area contributed by atoms with E-state index in [0.717, 1.165) is 16.3 Å². The Hall–Kier alpha value is -2.25. The number of carbonyl (C=O) groups excluding carboxylic acids is 1. The summed E-state index contributed by atoms with van der Waals surface area (Å²) in [5.74, 6) is -0.678. The smallest absolute Gasteiger partial charge is 0.337 e. The van der Waals surface area contributed by atoms with Crippen molar-refractivity contribution in [2.24, 2.45) is 0 Å². The molecule has 0 aliphatic rings. The maximum absolute atomic E-state index is 13.6. The molecule has 3 rings (SSSR count). The van der Waals surface area contributed by atoms with E-state index in [-0.39, 0.29) is 11.3 Å². The second-order valence-electron chi connectivity index (χ2n) is 5.41. The number of methoxy groups -OCH3 is 1. The van der Waals surface area contributed by atoms with E-state index in [1.54, 1.807) is 18.2 Å². The number of thioether (sulfide) groups is 1. The monoisotopic (exact) mass is 391 g/mol. The van der Waals surface area contributed by atoms with Gasteiger partial charge in [-0.05, 0) is 24.3 Å². The Morgan fingerprint density at radius 1 is 1.15 bits per heavy atom. The third kappa shape index (κ3) is 4.28. The Morgan fingerprint density at radius 3 is 2.62 bits per heavy atom. The molecule has 0 saturated heterocycles. The highest BCUT2D eigenvalue weighted by atomic mass is 32.2. The van der Waals surface area contributed by atoms with Gasteiger partial charge in [0, 0.05) is 28.0 Å². The quantitative estimate of drug-likeness (QED) is 0.534. The van der Waals surface area contributed by atoms with E-state index in [4.69, 9.17) is 4.74 Å². The minimum atomic E-state index is -0.531. The van der Waals surface area contributed by atoms with E-state index in [1.807, 2.05) is 11.4 Å². The molecule has 2 aromatic carbocycles. The van der Waals surface area contributed by atoms with E-state index in [2.05, 4.69) is 4.98 Å². The average Bonchev–Trinajstić information content (AvgIpc) is 3.12. The molecule has 0 spiro atoms. The van der Waals surface area contributed by atoms with Gasteiger partial charge < -0.3 is 4.74 Å². The van der Waals surface area contributed by atoms with Crippen LogP contribution in [0.1, 0.15) is 21.6 Å². The number of rotatable bonds is 6. The van der Waals surface area contributed by atoms with Crippen molar-refractivity contribution in [2.45, 2.75) is 11.5 Å². The number of carbonyl (C=O) groups is 1. The number of benzene rings is 2. The largest absolute Gasteiger partial charge is 0.465 e. The molecular formula is C19H15F2NO2S2. The van der Waals surface area contributed by atoms with E-state index in [9.17, 15) is 13.6 Å². The maximum atomic E-state index is 13.6. The van der Waals surface area contributed by atoms with Gasteiger partial charge in [-0.2, -0.15) is 11.8 Å². The van der Waals surface area contributed by atoms with Crippen molar-refractivity contribution in [1.29, 1.82) is 0 Å². The summed E-state index contributed by atoms with van der Waals surface area (Å²) >= 11 is 2.86. The van der Waals surface area contributed by atoms with Crippen LogP contribution in [0.2, 0.25) is 0 Å². The Labute approximate surface area is 158 Å². The van der Waals surface area contributed by atoms with Crippen LogP contribution >= 0.6 is 23.1 Å². The van der Waals surface area contributed by atoms with Gasteiger partial charge in [-0.1, -0.05) is 18.2 Å². The predicted octanol–water partition coefficient (Wildman–Crippen LogP) is 5.31. The lowest BCUT2D eigenvalue weighted by Crippen LogP contribution is -2.00. The van der Waals surface area contributed by atoms with Crippen LogP contribution in [0, 0.1) is 11.6 Å². The molecule has 26 heavy (non-hydrogen) atoms. The summed E-state index contributed by atoms with van der Waals surface area (Å²) in [6, 6.07) is 10.9. The van der Waals surface area contributed by atoms with Gasteiger partial charge in [-0.25, -0.2) is 18.6 Å². The maximum Gasteiger partial charge on any atom is 0.337 e. The average molecular weight is 391 g/mol. The van der Waals surface area contributed by atoms with Crippen LogP contribution < -0.4 is 0 Å². The number of nitrogens with zero attached hydrogens (tertiary/aromatic N) is 1. The summed E-state index contributed by atoms with van der Waals surface area (Å²) < 4.78 is 32.0. The highest BCUT2D eigenvalue weighted by Gasteiger charge is 2.11. The van der Waals surface area contributed by atoms with Gasteiger partial charge in [0.25, 0.3) is 0 Å². The first-order valence-electron chi connectivity index (χ1n) is 7.72. The van der Waals surface area contributed by atoms with Gasteiger partial charge in [0.05, 0.1) is 18.4 Å². The zero-order valence-corrected chi connectivity index (χ0v) is 15.5. The number of hydrogen-bond donors (Lipinski definition) is 0. The lowest BCUT2D eigenvalue weighted by Gasteiger charge is -2.04. The molecule has 134 valence electrons. The number of thiazole rings is 1. The molecule has 0 amide bonds. The first-order valence-corrected chi connectivity index (χ1v) is 9.75. The lowest BCUT2D eigenvalue weighted by molar-refractivity contribution is 0.0601. The molecule has 0 aliphatic heterocycles. The van der Waals surface area contributed by atoms with Crippen molar-refractivity contribution in [3.63, 3.8) is 0 Å². The fourth-order valence-corrected chi connectivity index (χ4v) is 4.19. The standard InChI is InChI=1S/C19H15F2NO2S2/c1-24-19(23)13-5-2-4-12(8-13)18-22-14(10-26-18)9-25-11-15-16(20)6-3-7-17(15)21/h2-8,10H,9,11H2,1H3. The predicted molar refractivity (Wildman–Crippen MR) is 100 cm³/mol. The summed E-state index contributed by atoms with van der Waals surface area (Å²) in [7, 11) is 1.34. The van der Waals surface area contributed by atoms with E-state index >= 15 is 0 Å². The van der Waals surface area contributed by atoms with Crippen LogP contribution in [-0.2, 0) is 16.2 Å². The second kappa shape index (κ2) is 8.42. The lowest BCUT2D eigenvalue weighted by atomic mass is 10.1. The first kappa shape index (κ1) is 18.5. The van der Waals surface area contributed by atoms with E-state index in [1.165, 1.54) is 48.4 Å². The van der Waals surface area contributed by atoms with Crippen molar-refractivity contribution >= 4 is 29.1 Å². The molecule has 0 fully saturated rings. The first-order chi connectivity index (χ1) is 12.6. The van der Waals surface area contributed by atoms with Gasteiger partial charge >= 0.3 is 5.97 Å². The van der Waals surface area contributed by atoms with Crippen LogP contribution in [0.4, 0.5) is 8.78 Å².